The molecule has 4 rings (SSSR count). The van der Waals surface area contributed by atoms with Crippen molar-refractivity contribution in [2.75, 3.05) is 26.2 Å². The second kappa shape index (κ2) is 7.24. The zero-order valence-corrected chi connectivity index (χ0v) is 14.9. The average Bonchev–Trinajstić information content (AvgIpc) is 3.39. The minimum Gasteiger partial charge on any atom is -0.459 e. The van der Waals surface area contributed by atoms with Gasteiger partial charge in [-0.2, -0.15) is 0 Å². The summed E-state index contributed by atoms with van der Waals surface area (Å²) < 4.78 is 10.6. The summed E-state index contributed by atoms with van der Waals surface area (Å²) in [4.78, 5) is 28.1. The average molecular weight is 387 g/mol. The molecule has 3 heterocycles. The molecule has 1 aliphatic heterocycles. The van der Waals surface area contributed by atoms with E-state index in [-0.39, 0.29) is 29.4 Å². The molecule has 1 aromatic carbocycles. The first kappa shape index (κ1) is 17.3. The zero-order chi connectivity index (χ0) is 18.8. The lowest BCUT2D eigenvalue weighted by atomic mass is 10.2. The van der Waals surface area contributed by atoms with Crippen LogP contribution >= 0.6 is 11.6 Å². The fourth-order valence-corrected chi connectivity index (χ4v) is 3.07. The van der Waals surface area contributed by atoms with Crippen molar-refractivity contribution in [1.82, 2.24) is 20.0 Å². The van der Waals surface area contributed by atoms with Gasteiger partial charge in [0.15, 0.2) is 5.76 Å². The maximum atomic E-state index is 12.6. The topological polar surface area (TPSA) is 92.7 Å². The number of rotatable bonds is 3. The van der Waals surface area contributed by atoms with E-state index in [1.54, 1.807) is 46.2 Å². The maximum Gasteiger partial charge on any atom is 0.311 e. The van der Waals surface area contributed by atoms with Gasteiger partial charge in [-0.05, 0) is 24.3 Å². The lowest BCUT2D eigenvalue weighted by molar-refractivity contribution is 0.0498. The minimum absolute atomic E-state index is 0.101. The van der Waals surface area contributed by atoms with E-state index in [1.165, 1.54) is 6.26 Å². The number of benzene rings is 1. The number of hydrogen-bond donors (Lipinski definition) is 0. The Morgan fingerprint density at radius 2 is 1.63 bits per heavy atom. The van der Waals surface area contributed by atoms with Crippen LogP contribution in [0.2, 0.25) is 5.02 Å². The van der Waals surface area contributed by atoms with Crippen molar-refractivity contribution in [3.05, 3.63) is 59.3 Å². The number of furan rings is 1. The van der Waals surface area contributed by atoms with Gasteiger partial charge in [0.25, 0.3) is 5.91 Å². The van der Waals surface area contributed by atoms with Gasteiger partial charge in [0.1, 0.15) is 0 Å². The van der Waals surface area contributed by atoms with Crippen molar-refractivity contribution in [1.29, 1.82) is 0 Å². The van der Waals surface area contributed by atoms with Crippen molar-refractivity contribution in [3.63, 3.8) is 0 Å². The minimum atomic E-state index is -0.370. The van der Waals surface area contributed by atoms with Gasteiger partial charge in [-0.25, -0.2) is 0 Å². The molecule has 2 aromatic heterocycles. The highest BCUT2D eigenvalue weighted by molar-refractivity contribution is 6.33. The largest absolute Gasteiger partial charge is 0.459 e. The van der Waals surface area contributed by atoms with Crippen LogP contribution in [0, 0.1) is 0 Å². The molecule has 0 atom stereocenters. The normalized spacial score (nSPS) is 14.4. The van der Waals surface area contributed by atoms with Gasteiger partial charge >= 0.3 is 11.8 Å². The smallest absolute Gasteiger partial charge is 0.311 e. The summed E-state index contributed by atoms with van der Waals surface area (Å²) in [6, 6.07) is 10.3. The third-order valence-electron chi connectivity index (χ3n) is 4.30. The Morgan fingerprint density at radius 1 is 0.926 bits per heavy atom. The number of halogens is 1. The molecule has 0 N–H and O–H groups in total. The molecule has 0 unspecified atom stereocenters. The molecule has 2 amide bonds. The highest BCUT2D eigenvalue weighted by Crippen LogP contribution is 2.26. The van der Waals surface area contributed by atoms with Crippen LogP contribution in [0.25, 0.3) is 11.5 Å². The SMILES string of the molecule is O=C(c1ccco1)N1CCN(C(=O)c2nnc(-c3ccccc3Cl)o2)CC1. The third kappa shape index (κ3) is 3.43. The summed E-state index contributed by atoms with van der Waals surface area (Å²) in [5.74, 6) is -0.181. The summed E-state index contributed by atoms with van der Waals surface area (Å²) in [6.07, 6.45) is 1.46. The summed E-state index contributed by atoms with van der Waals surface area (Å²) in [6.45, 7) is 1.54. The molecule has 0 radical (unpaired) electrons. The Kier molecular flexibility index (Phi) is 4.64. The number of carbonyl (C=O) groups excluding carboxylic acids is 2. The number of aromatic nitrogens is 2. The predicted molar refractivity (Wildman–Crippen MR) is 95.3 cm³/mol. The molecule has 0 saturated carbocycles. The molecule has 27 heavy (non-hydrogen) atoms. The number of carbonyl (C=O) groups is 2. The molecule has 1 saturated heterocycles. The first-order valence-electron chi connectivity index (χ1n) is 8.34. The number of amides is 2. The van der Waals surface area contributed by atoms with Crippen molar-refractivity contribution in [2.45, 2.75) is 0 Å². The number of nitrogens with zero attached hydrogens (tertiary/aromatic N) is 4. The molecule has 3 aromatic rings. The molecule has 9 heteroatoms. The van der Waals surface area contributed by atoms with Crippen molar-refractivity contribution in [3.8, 4) is 11.5 Å². The summed E-state index contributed by atoms with van der Waals surface area (Å²) >= 11 is 6.12. The first-order chi connectivity index (χ1) is 13.1. The van der Waals surface area contributed by atoms with E-state index in [0.29, 0.717) is 36.8 Å². The van der Waals surface area contributed by atoms with E-state index in [0.717, 1.165) is 0 Å². The van der Waals surface area contributed by atoms with Crippen molar-refractivity contribution in [2.24, 2.45) is 0 Å². The Labute approximate surface area is 159 Å². The number of piperazine rings is 1. The van der Waals surface area contributed by atoms with Gasteiger partial charge in [-0.1, -0.05) is 23.7 Å². The van der Waals surface area contributed by atoms with Crippen LogP contribution in [-0.4, -0.2) is 58.0 Å². The molecule has 138 valence electrons. The third-order valence-corrected chi connectivity index (χ3v) is 4.63. The standard InChI is InChI=1S/C18H15ClN4O4/c19-13-5-2-1-4-12(13)15-20-21-16(27-15)18(25)23-9-7-22(8-10-23)17(24)14-6-3-11-26-14/h1-6,11H,7-10H2. The molecule has 0 spiro atoms. The maximum absolute atomic E-state index is 12.6. The van der Waals surface area contributed by atoms with E-state index < -0.39 is 0 Å². The highest BCUT2D eigenvalue weighted by atomic mass is 35.5. The van der Waals surface area contributed by atoms with Crippen LogP contribution < -0.4 is 0 Å². The van der Waals surface area contributed by atoms with Gasteiger partial charge in [0.2, 0.25) is 5.89 Å². The van der Waals surface area contributed by atoms with Crippen LogP contribution in [0.1, 0.15) is 21.2 Å². The van der Waals surface area contributed by atoms with Crippen LogP contribution in [0.4, 0.5) is 0 Å². The Morgan fingerprint density at radius 3 is 2.30 bits per heavy atom. The molecular formula is C18H15ClN4O4. The van der Waals surface area contributed by atoms with Crippen LogP contribution in [0.3, 0.4) is 0 Å². The van der Waals surface area contributed by atoms with Crippen molar-refractivity contribution >= 4 is 23.4 Å². The first-order valence-corrected chi connectivity index (χ1v) is 8.72. The van der Waals surface area contributed by atoms with E-state index in [4.69, 9.17) is 20.4 Å². The molecule has 8 nitrogen and oxygen atoms in total. The van der Waals surface area contributed by atoms with Crippen LogP contribution in [0.15, 0.2) is 51.5 Å². The van der Waals surface area contributed by atoms with Gasteiger partial charge in [0.05, 0.1) is 16.8 Å². The van der Waals surface area contributed by atoms with E-state index in [9.17, 15) is 9.59 Å². The molecule has 1 fully saturated rings. The van der Waals surface area contributed by atoms with Gasteiger partial charge in [-0.15, -0.1) is 10.2 Å². The van der Waals surface area contributed by atoms with Crippen LogP contribution in [-0.2, 0) is 0 Å². The molecule has 0 aliphatic carbocycles. The molecule has 1 aliphatic rings. The van der Waals surface area contributed by atoms with Crippen molar-refractivity contribution < 1.29 is 18.4 Å². The van der Waals surface area contributed by atoms with E-state index in [2.05, 4.69) is 10.2 Å². The second-order valence-electron chi connectivity index (χ2n) is 5.95. The highest BCUT2D eigenvalue weighted by Gasteiger charge is 2.29. The van der Waals surface area contributed by atoms with Gasteiger partial charge in [-0.3, -0.25) is 9.59 Å². The Hall–Kier alpha value is -3.13. The Balaban J connectivity index is 1.41. The fourth-order valence-electron chi connectivity index (χ4n) is 2.86. The zero-order valence-electron chi connectivity index (χ0n) is 14.2. The monoisotopic (exact) mass is 386 g/mol. The summed E-state index contributed by atoms with van der Waals surface area (Å²) in [5.41, 5.74) is 0.569. The second-order valence-corrected chi connectivity index (χ2v) is 6.36. The van der Waals surface area contributed by atoms with Gasteiger partial charge in [0, 0.05) is 26.2 Å². The lowest BCUT2D eigenvalue weighted by Crippen LogP contribution is -2.50. The predicted octanol–water partition coefficient (Wildman–Crippen LogP) is 2.58. The summed E-state index contributed by atoms with van der Waals surface area (Å²) in [7, 11) is 0. The van der Waals surface area contributed by atoms with Crippen LogP contribution in [0.5, 0.6) is 0 Å². The number of hydrogen-bond acceptors (Lipinski definition) is 6. The van der Waals surface area contributed by atoms with Gasteiger partial charge < -0.3 is 18.6 Å². The lowest BCUT2D eigenvalue weighted by Gasteiger charge is -2.33. The van der Waals surface area contributed by atoms with E-state index >= 15 is 0 Å². The molecular weight excluding hydrogens is 372 g/mol. The fraction of sp³-hybridized carbons (Fsp3) is 0.222. The quantitative estimate of drug-likeness (QED) is 0.686. The molecule has 0 bridgehead atoms. The van der Waals surface area contributed by atoms with E-state index in [1.807, 2.05) is 0 Å². The Bertz CT molecular complexity index is 961. The summed E-state index contributed by atoms with van der Waals surface area (Å²) in [5, 5.41) is 8.22.